The summed E-state index contributed by atoms with van der Waals surface area (Å²) in [4.78, 5) is 0. The van der Waals surface area contributed by atoms with Crippen molar-refractivity contribution in [1.82, 2.24) is 4.31 Å². The number of methoxy groups -OCH3 is 1. The van der Waals surface area contributed by atoms with E-state index in [1.54, 1.807) is 0 Å². The van der Waals surface area contributed by atoms with E-state index in [4.69, 9.17) is 9.84 Å². The van der Waals surface area contributed by atoms with Crippen LogP contribution in [0.3, 0.4) is 0 Å². The molecule has 0 aliphatic heterocycles. The van der Waals surface area contributed by atoms with Crippen LogP contribution in [0.15, 0.2) is 0 Å². The number of ether oxygens (including phenoxy) is 1. The lowest BCUT2D eigenvalue weighted by Gasteiger charge is -2.20. The second-order valence-electron chi connectivity index (χ2n) is 3.29. The molecule has 0 fully saturated rings. The molecule has 15 heavy (non-hydrogen) atoms. The molecular weight excluding hydrogens is 218 g/mol. The van der Waals surface area contributed by atoms with E-state index < -0.39 is 10.0 Å². The fraction of sp³-hybridized carbons (Fsp3) is 1.00. The zero-order valence-electron chi connectivity index (χ0n) is 9.48. The molecule has 0 heterocycles. The Bertz CT molecular complexity index is 240. The van der Waals surface area contributed by atoms with Crippen LogP contribution in [0, 0.1) is 0 Å². The van der Waals surface area contributed by atoms with Gasteiger partial charge in [-0.05, 0) is 6.42 Å². The Kier molecular flexibility index (Phi) is 7.95. The molecule has 0 atom stereocenters. The normalized spacial score (nSPS) is 12.3. The molecule has 92 valence electrons. The largest absolute Gasteiger partial charge is 0.395 e. The van der Waals surface area contributed by atoms with Crippen molar-refractivity contribution in [1.29, 1.82) is 0 Å². The van der Waals surface area contributed by atoms with Crippen LogP contribution < -0.4 is 0 Å². The summed E-state index contributed by atoms with van der Waals surface area (Å²) in [7, 11) is -1.80. The second kappa shape index (κ2) is 8.04. The summed E-state index contributed by atoms with van der Waals surface area (Å²) in [5, 5.41) is 8.79. The molecule has 5 nitrogen and oxygen atoms in total. The van der Waals surface area contributed by atoms with Crippen molar-refractivity contribution >= 4 is 10.0 Å². The number of unbranched alkanes of at least 4 members (excludes halogenated alkanes) is 1. The predicted molar refractivity (Wildman–Crippen MR) is 59.2 cm³/mol. The van der Waals surface area contributed by atoms with E-state index in [1.807, 2.05) is 6.92 Å². The zero-order chi connectivity index (χ0) is 11.7. The standard InChI is InChI=1S/C9H21NO4S/c1-3-4-5-10(6-7-11)15(12,13)9-8-14-2/h11H,3-9H2,1-2H3. The summed E-state index contributed by atoms with van der Waals surface area (Å²) in [5.41, 5.74) is 0. The van der Waals surface area contributed by atoms with Gasteiger partial charge in [-0.2, -0.15) is 4.31 Å². The molecule has 0 aliphatic rings. The molecule has 0 aliphatic carbocycles. The van der Waals surface area contributed by atoms with Crippen LogP contribution in [0.1, 0.15) is 19.8 Å². The predicted octanol–water partition coefficient (Wildman–Crippen LogP) is 0.0570. The lowest BCUT2D eigenvalue weighted by atomic mass is 10.3. The average Bonchev–Trinajstić information content (AvgIpc) is 2.21. The first-order chi connectivity index (χ1) is 7.08. The maximum atomic E-state index is 11.7. The molecule has 0 amide bonds. The highest BCUT2D eigenvalue weighted by Gasteiger charge is 2.20. The third-order valence-corrected chi connectivity index (χ3v) is 3.88. The molecule has 0 aromatic rings. The van der Waals surface area contributed by atoms with Gasteiger partial charge in [0.05, 0.1) is 19.0 Å². The molecule has 0 aromatic carbocycles. The van der Waals surface area contributed by atoms with E-state index in [-0.39, 0.29) is 25.5 Å². The first-order valence-corrected chi connectivity index (χ1v) is 6.77. The van der Waals surface area contributed by atoms with E-state index in [2.05, 4.69) is 0 Å². The average molecular weight is 239 g/mol. The minimum absolute atomic E-state index is 0.0206. The van der Waals surface area contributed by atoms with Gasteiger partial charge in [0.15, 0.2) is 0 Å². The molecule has 1 N–H and O–H groups in total. The highest BCUT2D eigenvalue weighted by molar-refractivity contribution is 7.89. The van der Waals surface area contributed by atoms with Crippen molar-refractivity contribution in [2.24, 2.45) is 0 Å². The van der Waals surface area contributed by atoms with Crippen LogP contribution in [-0.4, -0.2) is 57.0 Å². The number of aliphatic hydroxyl groups is 1. The van der Waals surface area contributed by atoms with Gasteiger partial charge >= 0.3 is 0 Å². The molecule has 0 saturated heterocycles. The van der Waals surface area contributed by atoms with E-state index in [1.165, 1.54) is 11.4 Å². The SMILES string of the molecule is CCCCN(CCO)S(=O)(=O)CCOC. The van der Waals surface area contributed by atoms with E-state index in [0.717, 1.165) is 12.8 Å². The number of aliphatic hydroxyl groups excluding tert-OH is 1. The molecule has 0 rings (SSSR count). The lowest BCUT2D eigenvalue weighted by molar-refractivity contribution is 0.213. The van der Waals surface area contributed by atoms with Crippen molar-refractivity contribution in [2.75, 3.05) is 39.2 Å². The quantitative estimate of drug-likeness (QED) is 0.618. The summed E-state index contributed by atoms with van der Waals surface area (Å²) < 4.78 is 29.5. The Morgan fingerprint density at radius 3 is 2.47 bits per heavy atom. The Morgan fingerprint density at radius 2 is 2.00 bits per heavy atom. The van der Waals surface area contributed by atoms with Crippen LogP contribution in [0.2, 0.25) is 0 Å². The van der Waals surface area contributed by atoms with Crippen molar-refractivity contribution in [3.8, 4) is 0 Å². The van der Waals surface area contributed by atoms with Crippen molar-refractivity contribution in [3.05, 3.63) is 0 Å². The van der Waals surface area contributed by atoms with E-state index >= 15 is 0 Å². The molecular formula is C9H21NO4S. The Balaban J connectivity index is 4.30. The van der Waals surface area contributed by atoms with E-state index in [0.29, 0.717) is 6.54 Å². The summed E-state index contributed by atoms with van der Waals surface area (Å²) in [6, 6.07) is 0. The summed E-state index contributed by atoms with van der Waals surface area (Å²) >= 11 is 0. The maximum Gasteiger partial charge on any atom is 0.216 e. The second-order valence-corrected chi connectivity index (χ2v) is 5.37. The topological polar surface area (TPSA) is 66.8 Å². The van der Waals surface area contributed by atoms with Crippen LogP contribution in [-0.2, 0) is 14.8 Å². The minimum atomic E-state index is -3.27. The number of rotatable bonds is 9. The molecule has 0 spiro atoms. The fourth-order valence-corrected chi connectivity index (χ4v) is 2.56. The van der Waals surface area contributed by atoms with Gasteiger partial charge < -0.3 is 9.84 Å². The van der Waals surface area contributed by atoms with Gasteiger partial charge in [-0.15, -0.1) is 0 Å². The summed E-state index contributed by atoms with van der Waals surface area (Å²) in [6.45, 7) is 2.69. The molecule has 0 bridgehead atoms. The van der Waals surface area contributed by atoms with Gasteiger partial charge in [0.2, 0.25) is 10.0 Å². The van der Waals surface area contributed by atoms with Gasteiger partial charge in [0, 0.05) is 20.2 Å². The smallest absolute Gasteiger partial charge is 0.216 e. The zero-order valence-corrected chi connectivity index (χ0v) is 10.3. The Hall–Kier alpha value is -0.170. The molecule has 0 aromatic heterocycles. The number of nitrogens with zero attached hydrogens (tertiary/aromatic N) is 1. The maximum absolute atomic E-state index is 11.7. The third-order valence-electron chi connectivity index (χ3n) is 2.05. The summed E-state index contributed by atoms with van der Waals surface area (Å²) in [6.07, 6.45) is 1.74. The minimum Gasteiger partial charge on any atom is -0.395 e. The van der Waals surface area contributed by atoms with Gasteiger partial charge in [-0.3, -0.25) is 0 Å². The number of hydrogen-bond donors (Lipinski definition) is 1. The number of hydrogen-bond acceptors (Lipinski definition) is 4. The van der Waals surface area contributed by atoms with Crippen molar-refractivity contribution in [3.63, 3.8) is 0 Å². The molecule has 0 saturated carbocycles. The Labute approximate surface area is 92.1 Å². The first kappa shape index (κ1) is 14.8. The van der Waals surface area contributed by atoms with Gasteiger partial charge in [-0.25, -0.2) is 8.42 Å². The molecule has 6 heteroatoms. The van der Waals surface area contributed by atoms with Crippen LogP contribution in [0.5, 0.6) is 0 Å². The van der Waals surface area contributed by atoms with Crippen LogP contribution in [0.25, 0.3) is 0 Å². The lowest BCUT2D eigenvalue weighted by Crippen LogP contribution is -2.37. The number of sulfonamides is 1. The van der Waals surface area contributed by atoms with Crippen LogP contribution >= 0.6 is 0 Å². The van der Waals surface area contributed by atoms with Crippen LogP contribution in [0.4, 0.5) is 0 Å². The monoisotopic (exact) mass is 239 g/mol. The van der Waals surface area contributed by atoms with Gasteiger partial charge in [0.25, 0.3) is 0 Å². The highest BCUT2D eigenvalue weighted by Crippen LogP contribution is 2.04. The van der Waals surface area contributed by atoms with Crippen molar-refractivity contribution < 1.29 is 18.3 Å². The fourth-order valence-electron chi connectivity index (χ4n) is 1.15. The molecule has 0 radical (unpaired) electrons. The summed E-state index contributed by atoms with van der Waals surface area (Å²) in [5.74, 6) is -0.0206. The molecule has 0 unspecified atom stereocenters. The highest BCUT2D eigenvalue weighted by atomic mass is 32.2. The van der Waals surface area contributed by atoms with Crippen molar-refractivity contribution in [2.45, 2.75) is 19.8 Å². The third kappa shape index (κ3) is 6.09. The van der Waals surface area contributed by atoms with E-state index in [9.17, 15) is 8.42 Å². The Morgan fingerprint density at radius 1 is 1.33 bits per heavy atom. The van der Waals surface area contributed by atoms with Gasteiger partial charge in [0.1, 0.15) is 0 Å². The van der Waals surface area contributed by atoms with Gasteiger partial charge in [-0.1, -0.05) is 13.3 Å². The first-order valence-electron chi connectivity index (χ1n) is 5.16.